The summed E-state index contributed by atoms with van der Waals surface area (Å²) in [6, 6.07) is 14.0. The average molecular weight is 359 g/mol. The Morgan fingerprint density at radius 3 is 3.00 bits per heavy atom. The Hall–Kier alpha value is -3.12. The molecule has 2 aromatic carbocycles. The Bertz CT molecular complexity index is 1120. The molecule has 2 aromatic heterocycles. The first-order chi connectivity index (χ1) is 13.3. The molecule has 4 aromatic rings. The van der Waals surface area contributed by atoms with E-state index >= 15 is 0 Å². The number of carbonyl (C=O) groups is 1. The zero-order chi connectivity index (χ0) is 18.2. The lowest BCUT2D eigenvalue weighted by Gasteiger charge is -2.10. The predicted octanol–water partition coefficient (Wildman–Crippen LogP) is 3.33. The van der Waals surface area contributed by atoms with Crippen LogP contribution in [0.3, 0.4) is 0 Å². The monoisotopic (exact) mass is 359 g/mol. The SMILES string of the molecule is O=C(Nc1ccc2[nH]c(Cc3c[nH]c4ccccc34)nc2c1)[C@@H]1CCCN1. The van der Waals surface area contributed by atoms with Crippen LogP contribution >= 0.6 is 0 Å². The van der Waals surface area contributed by atoms with E-state index in [1.807, 2.05) is 36.5 Å². The summed E-state index contributed by atoms with van der Waals surface area (Å²) < 4.78 is 0. The Morgan fingerprint density at radius 2 is 2.11 bits per heavy atom. The Labute approximate surface area is 156 Å². The van der Waals surface area contributed by atoms with Crippen molar-refractivity contribution in [2.45, 2.75) is 25.3 Å². The van der Waals surface area contributed by atoms with Gasteiger partial charge in [0.2, 0.25) is 5.91 Å². The van der Waals surface area contributed by atoms with Gasteiger partial charge in [-0.25, -0.2) is 4.98 Å². The van der Waals surface area contributed by atoms with Gasteiger partial charge in [0.15, 0.2) is 0 Å². The highest BCUT2D eigenvalue weighted by Crippen LogP contribution is 2.23. The largest absolute Gasteiger partial charge is 0.361 e. The molecule has 0 aliphatic carbocycles. The van der Waals surface area contributed by atoms with Crippen molar-refractivity contribution in [1.82, 2.24) is 20.3 Å². The number of imidazole rings is 1. The van der Waals surface area contributed by atoms with Crippen LogP contribution in [0.2, 0.25) is 0 Å². The minimum absolute atomic E-state index is 0.0291. The number of nitrogens with one attached hydrogen (secondary N) is 4. The van der Waals surface area contributed by atoms with E-state index in [1.165, 1.54) is 10.9 Å². The van der Waals surface area contributed by atoms with E-state index in [2.05, 4.69) is 32.7 Å². The fraction of sp³-hybridized carbons (Fsp3) is 0.238. The molecule has 0 bridgehead atoms. The normalized spacial score (nSPS) is 17.0. The van der Waals surface area contributed by atoms with E-state index in [0.29, 0.717) is 0 Å². The molecule has 27 heavy (non-hydrogen) atoms. The van der Waals surface area contributed by atoms with Crippen molar-refractivity contribution in [3.63, 3.8) is 0 Å². The number of benzene rings is 2. The van der Waals surface area contributed by atoms with Gasteiger partial charge < -0.3 is 20.6 Å². The fourth-order valence-electron chi connectivity index (χ4n) is 3.82. The number of aromatic amines is 2. The van der Waals surface area contributed by atoms with E-state index in [4.69, 9.17) is 4.98 Å². The summed E-state index contributed by atoms with van der Waals surface area (Å²) in [5.74, 6) is 0.942. The second kappa shape index (κ2) is 6.55. The molecule has 3 heterocycles. The molecule has 0 unspecified atom stereocenters. The van der Waals surface area contributed by atoms with Crippen molar-refractivity contribution in [3.05, 3.63) is 60.0 Å². The summed E-state index contributed by atoms with van der Waals surface area (Å²) in [6.45, 7) is 0.910. The Balaban J connectivity index is 1.38. The van der Waals surface area contributed by atoms with E-state index < -0.39 is 0 Å². The van der Waals surface area contributed by atoms with Crippen LogP contribution < -0.4 is 10.6 Å². The molecular weight excluding hydrogens is 338 g/mol. The number of rotatable bonds is 4. The van der Waals surface area contributed by atoms with Crippen LogP contribution in [0, 0.1) is 0 Å². The fourth-order valence-corrected chi connectivity index (χ4v) is 3.82. The Kier molecular flexibility index (Phi) is 3.90. The van der Waals surface area contributed by atoms with Crippen LogP contribution in [0.4, 0.5) is 5.69 Å². The van der Waals surface area contributed by atoms with Crippen LogP contribution in [0.25, 0.3) is 21.9 Å². The van der Waals surface area contributed by atoms with Crippen molar-refractivity contribution in [2.75, 3.05) is 11.9 Å². The number of carbonyl (C=O) groups excluding carboxylic acids is 1. The highest BCUT2D eigenvalue weighted by atomic mass is 16.2. The molecule has 0 radical (unpaired) electrons. The quantitative estimate of drug-likeness (QED) is 0.451. The lowest BCUT2D eigenvalue weighted by Crippen LogP contribution is -2.35. The van der Waals surface area contributed by atoms with Crippen LogP contribution in [0.5, 0.6) is 0 Å². The number of fused-ring (bicyclic) bond motifs is 2. The molecule has 4 N–H and O–H groups in total. The maximum Gasteiger partial charge on any atom is 0.241 e. The number of H-pyrrole nitrogens is 2. The molecule has 6 nitrogen and oxygen atoms in total. The molecule has 1 amide bonds. The topological polar surface area (TPSA) is 85.6 Å². The number of aromatic nitrogens is 3. The zero-order valence-corrected chi connectivity index (χ0v) is 14.9. The van der Waals surface area contributed by atoms with Gasteiger partial charge in [0.05, 0.1) is 17.1 Å². The van der Waals surface area contributed by atoms with Crippen molar-refractivity contribution in [3.8, 4) is 0 Å². The summed E-state index contributed by atoms with van der Waals surface area (Å²) in [7, 11) is 0. The first kappa shape index (κ1) is 16.1. The average Bonchev–Trinajstić information content (AvgIpc) is 3.41. The van der Waals surface area contributed by atoms with Gasteiger partial charge in [-0.1, -0.05) is 18.2 Å². The zero-order valence-electron chi connectivity index (χ0n) is 14.9. The van der Waals surface area contributed by atoms with Crippen LogP contribution in [-0.2, 0) is 11.2 Å². The molecular formula is C21H21N5O. The summed E-state index contributed by atoms with van der Waals surface area (Å²) in [5.41, 5.74) is 4.97. The molecule has 6 heteroatoms. The van der Waals surface area contributed by atoms with Gasteiger partial charge in [0.1, 0.15) is 5.82 Å². The molecule has 0 spiro atoms. The maximum atomic E-state index is 12.3. The molecule has 1 atom stereocenters. The molecule has 1 saturated heterocycles. The van der Waals surface area contributed by atoms with Crippen LogP contribution in [0.1, 0.15) is 24.2 Å². The minimum atomic E-state index is -0.0858. The van der Waals surface area contributed by atoms with Crippen molar-refractivity contribution in [1.29, 1.82) is 0 Å². The van der Waals surface area contributed by atoms with Gasteiger partial charge in [-0.05, 0) is 49.2 Å². The first-order valence-corrected chi connectivity index (χ1v) is 9.34. The summed E-state index contributed by atoms with van der Waals surface area (Å²) >= 11 is 0. The number of anilines is 1. The lowest BCUT2D eigenvalue weighted by atomic mass is 10.1. The Morgan fingerprint density at radius 1 is 1.19 bits per heavy atom. The molecule has 0 saturated carbocycles. The van der Waals surface area contributed by atoms with Crippen LogP contribution in [-0.4, -0.2) is 33.4 Å². The van der Waals surface area contributed by atoms with E-state index in [-0.39, 0.29) is 11.9 Å². The molecule has 1 fully saturated rings. The summed E-state index contributed by atoms with van der Waals surface area (Å²) in [5, 5.41) is 7.43. The summed E-state index contributed by atoms with van der Waals surface area (Å²) in [4.78, 5) is 23.7. The van der Waals surface area contributed by atoms with Crippen molar-refractivity contribution >= 4 is 33.5 Å². The predicted molar refractivity (Wildman–Crippen MR) is 107 cm³/mol. The van der Waals surface area contributed by atoms with E-state index in [1.54, 1.807) is 0 Å². The summed E-state index contributed by atoms with van der Waals surface area (Å²) in [6.07, 6.45) is 4.71. The smallest absolute Gasteiger partial charge is 0.241 e. The molecule has 1 aliphatic heterocycles. The van der Waals surface area contributed by atoms with Crippen molar-refractivity contribution in [2.24, 2.45) is 0 Å². The van der Waals surface area contributed by atoms with Crippen LogP contribution in [0.15, 0.2) is 48.7 Å². The number of hydrogen-bond donors (Lipinski definition) is 4. The third kappa shape index (κ3) is 3.08. The minimum Gasteiger partial charge on any atom is -0.361 e. The highest BCUT2D eigenvalue weighted by molar-refractivity contribution is 5.96. The lowest BCUT2D eigenvalue weighted by molar-refractivity contribution is -0.117. The number of nitrogens with zero attached hydrogens (tertiary/aromatic N) is 1. The second-order valence-electron chi connectivity index (χ2n) is 7.09. The number of hydrogen-bond acceptors (Lipinski definition) is 3. The third-order valence-electron chi connectivity index (χ3n) is 5.21. The highest BCUT2D eigenvalue weighted by Gasteiger charge is 2.22. The first-order valence-electron chi connectivity index (χ1n) is 9.34. The van der Waals surface area contributed by atoms with Gasteiger partial charge in [-0.2, -0.15) is 0 Å². The molecule has 1 aliphatic rings. The van der Waals surface area contributed by atoms with Gasteiger partial charge in [-0.3, -0.25) is 4.79 Å². The van der Waals surface area contributed by atoms with Gasteiger partial charge >= 0.3 is 0 Å². The molecule has 136 valence electrons. The van der Waals surface area contributed by atoms with Gasteiger partial charge in [0.25, 0.3) is 0 Å². The standard InChI is InChI=1S/C21H21N5O/c27-21(18-6-3-9-22-18)24-14-7-8-17-19(11-14)26-20(25-17)10-13-12-23-16-5-2-1-4-15(13)16/h1-2,4-5,7-8,11-12,18,22-23H,3,6,9-10H2,(H,24,27)(H,25,26)/t18-/m0/s1. The van der Waals surface area contributed by atoms with Gasteiger partial charge in [-0.15, -0.1) is 0 Å². The van der Waals surface area contributed by atoms with E-state index in [0.717, 1.165) is 53.9 Å². The van der Waals surface area contributed by atoms with Gasteiger partial charge in [0, 0.05) is 29.2 Å². The maximum absolute atomic E-state index is 12.3. The number of amides is 1. The van der Waals surface area contributed by atoms with Crippen molar-refractivity contribution < 1.29 is 4.79 Å². The third-order valence-corrected chi connectivity index (χ3v) is 5.21. The second-order valence-corrected chi connectivity index (χ2v) is 7.09. The molecule has 5 rings (SSSR count). The number of para-hydroxylation sites is 1. The van der Waals surface area contributed by atoms with E-state index in [9.17, 15) is 4.79 Å².